The first kappa shape index (κ1) is 15.6. The van der Waals surface area contributed by atoms with Crippen LogP contribution in [0.3, 0.4) is 0 Å². The fourth-order valence-corrected chi connectivity index (χ4v) is 4.05. The number of nitrogens with one attached hydrogen (secondary N) is 2. The second-order valence-corrected chi connectivity index (χ2v) is 7.53. The molecule has 2 N–H and O–H groups in total. The van der Waals surface area contributed by atoms with E-state index in [2.05, 4.69) is 36.8 Å². The Morgan fingerprint density at radius 1 is 1.35 bits per heavy atom. The number of fused-ring (bicyclic) bond motifs is 3. The lowest BCUT2D eigenvalue weighted by molar-refractivity contribution is 0.206. The molecule has 0 unspecified atom stereocenters. The Morgan fingerprint density at radius 2 is 2.23 bits per heavy atom. The molecule has 3 aromatic heterocycles. The summed E-state index contributed by atoms with van der Waals surface area (Å²) in [7, 11) is 0. The largest absolute Gasteiger partial charge is 0.345 e. The van der Waals surface area contributed by atoms with Crippen molar-refractivity contribution in [3.8, 4) is 0 Å². The maximum atomic E-state index is 12.5. The molecular formula is C18H23N7O. The average molecular weight is 353 g/mol. The number of H-pyrrole nitrogens is 1. The van der Waals surface area contributed by atoms with Crippen molar-refractivity contribution in [2.24, 2.45) is 11.8 Å². The van der Waals surface area contributed by atoms with Crippen molar-refractivity contribution < 1.29 is 4.79 Å². The van der Waals surface area contributed by atoms with E-state index < -0.39 is 0 Å². The fourth-order valence-electron chi connectivity index (χ4n) is 4.05. The lowest BCUT2D eigenvalue weighted by Crippen LogP contribution is -2.39. The number of aromatic amines is 1. The number of nitrogens with zero attached hydrogens (tertiary/aromatic N) is 5. The molecule has 4 heterocycles. The molecule has 1 aliphatic carbocycles. The monoisotopic (exact) mass is 353 g/mol. The van der Waals surface area contributed by atoms with Gasteiger partial charge in [-0.15, -0.1) is 10.2 Å². The van der Waals surface area contributed by atoms with E-state index in [-0.39, 0.29) is 11.9 Å². The number of carbonyl (C=O) groups excluding carboxylic acids is 1. The van der Waals surface area contributed by atoms with Gasteiger partial charge in [-0.3, -0.25) is 4.40 Å². The Morgan fingerprint density at radius 3 is 3.04 bits per heavy atom. The van der Waals surface area contributed by atoms with Crippen molar-refractivity contribution in [3.63, 3.8) is 0 Å². The number of carbonyl (C=O) groups is 1. The number of urea groups is 1. The molecular weight excluding hydrogens is 330 g/mol. The Labute approximate surface area is 151 Å². The van der Waals surface area contributed by atoms with Crippen LogP contribution in [-0.4, -0.2) is 55.1 Å². The van der Waals surface area contributed by atoms with E-state index in [4.69, 9.17) is 0 Å². The van der Waals surface area contributed by atoms with Crippen LogP contribution in [-0.2, 0) is 0 Å². The Bertz CT molecular complexity index is 957. The zero-order chi connectivity index (χ0) is 17.7. The van der Waals surface area contributed by atoms with Crippen LogP contribution >= 0.6 is 0 Å². The van der Waals surface area contributed by atoms with Gasteiger partial charge in [-0.05, 0) is 30.7 Å². The molecule has 136 valence electrons. The third-order valence-electron chi connectivity index (χ3n) is 5.79. The number of rotatable bonds is 4. The van der Waals surface area contributed by atoms with Gasteiger partial charge in [0, 0.05) is 31.7 Å². The highest BCUT2D eigenvalue weighted by atomic mass is 16.2. The normalized spacial score (nSPS) is 23.2. The van der Waals surface area contributed by atoms with Crippen LogP contribution < -0.4 is 5.32 Å². The second kappa shape index (κ2) is 5.96. The second-order valence-electron chi connectivity index (χ2n) is 7.53. The quantitative estimate of drug-likeness (QED) is 0.752. The smallest absolute Gasteiger partial charge is 0.317 e. The average Bonchev–Trinajstić information content (AvgIpc) is 3.06. The summed E-state index contributed by atoms with van der Waals surface area (Å²) in [5, 5.41) is 11.9. The third kappa shape index (κ3) is 2.51. The van der Waals surface area contributed by atoms with Crippen molar-refractivity contribution in [3.05, 3.63) is 24.3 Å². The van der Waals surface area contributed by atoms with Gasteiger partial charge in [0.25, 0.3) is 0 Å². The van der Waals surface area contributed by atoms with Gasteiger partial charge in [-0.1, -0.05) is 13.3 Å². The van der Waals surface area contributed by atoms with E-state index in [1.807, 2.05) is 17.2 Å². The number of hydrogen-bond donors (Lipinski definition) is 2. The lowest BCUT2D eigenvalue weighted by atomic mass is 9.93. The van der Waals surface area contributed by atoms with Crippen LogP contribution in [0, 0.1) is 11.8 Å². The number of hydrogen-bond acceptors (Lipinski definition) is 4. The van der Waals surface area contributed by atoms with E-state index in [9.17, 15) is 4.79 Å². The summed E-state index contributed by atoms with van der Waals surface area (Å²) >= 11 is 0. The van der Waals surface area contributed by atoms with Crippen molar-refractivity contribution in [2.45, 2.75) is 32.1 Å². The molecule has 0 radical (unpaired) electrons. The molecule has 0 bridgehead atoms. The van der Waals surface area contributed by atoms with E-state index in [0.717, 1.165) is 42.1 Å². The SMILES string of the molecule is CC[C@H]1CN(C(=O)NCC2CC2)C[C@H]1c1nnc2cnc3[nH]ccc3n12. The number of likely N-dealkylation sites (tertiary alicyclic amines) is 1. The fraction of sp³-hybridized carbons (Fsp3) is 0.556. The molecule has 2 aliphatic rings. The van der Waals surface area contributed by atoms with Crippen LogP contribution in [0.4, 0.5) is 4.79 Å². The lowest BCUT2D eigenvalue weighted by Gasteiger charge is -2.17. The van der Waals surface area contributed by atoms with E-state index >= 15 is 0 Å². The molecule has 1 aliphatic heterocycles. The number of aromatic nitrogens is 5. The molecule has 1 saturated carbocycles. The molecule has 26 heavy (non-hydrogen) atoms. The zero-order valence-corrected chi connectivity index (χ0v) is 14.9. The Kier molecular flexibility index (Phi) is 3.58. The van der Waals surface area contributed by atoms with E-state index in [0.29, 0.717) is 18.4 Å². The van der Waals surface area contributed by atoms with E-state index in [1.54, 1.807) is 6.20 Å². The van der Waals surface area contributed by atoms with Gasteiger partial charge in [-0.25, -0.2) is 9.78 Å². The maximum absolute atomic E-state index is 12.5. The summed E-state index contributed by atoms with van der Waals surface area (Å²) in [6, 6.07) is 2.05. The van der Waals surface area contributed by atoms with Crippen LogP contribution in [0.15, 0.2) is 18.5 Å². The molecule has 8 heteroatoms. The highest BCUT2D eigenvalue weighted by Gasteiger charge is 2.38. The van der Waals surface area contributed by atoms with Crippen molar-refractivity contribution in [1.29, 1.82) is 0 Å². The number of amides is 2. The van der Waals surface area contributed by atoms with Gasteiger partial charge in [0.1, 0.15) is 5.82 Å². The first-order chi connectivity index (χ1) is 12.7. The molecule has 2 amide bonds. The molecule has 5 rings (SSSR count). The van der Waals surface area contributed by atoms with Crippen molar-refractivity contribution in [1.82, 2.24) is 34.8 Å². The highest BCUT2D eigenvalue weighted by molar-refractivity contribution is 5.75. The van der Waals surface area contributed by atoms with Gasteiger partial charge in [0.2, 0.25) is 0 Å². The summed E-state index contributed by atoms with van der Waals surface area (Å²) in [6.07, 6.45) is 7.11. The van der Waals surface area contributed by atoms with Crippen LogP contribution in [0.5, 0.6) is 0 Å². The Balaban J connectivity index is 1.45. The van der Waals surface area contributed by atoms with Crippen LogP contribution in [0.1, 0.15) is 37.9 Å². The molecule has 2 fully saturated rings. The minimum absolute atomic E-state index is 0.0557. The van der Waals surface area contributed by atoms with Gasteiger partial charge in [0.15, 0.2) is 11.3 Å². The Hall–Kier alpha value is -2.64. The summed E-state index contributed by atoms with van der Waals surface area (Å²) in [4.78, 5) is 22.0. The van der Waals surface area contributed by atoms with Gasteiger partial charge in [-0.2, -0.15) is 0 Å². The standard InChI is InChI=1S/C18H23N7O/c1-2-12-9-24(18(26)21-7-11-3-4-11)10-13(12)17-23-22-15-8-20-16-14(25(15)17)5-6-19-16/h5-6,8,11-13,19H,2-4,7,9-10H2,1H3,(H,21,26)/t12-,13+/m0/s1. The highest BCUT2D eigenvalue weighted by Crippen LogP contribution is 2.35. The van der Waals surface area contributed by atoms with Gasteiger partial charge in [0.05, 0.1) is 11.7 Å². The first-order valence-electron chi connectivity index (χ1n) is 9.44. The molecule has 1 saturated heterocycles. The summed E-state index contributed by atoms with van der Waals surface area (Å²) in [6.45, 7) is 4.44. The molecule has 0 aromatic carbocycles. The predicted molar refractivity (Wildman–Crippen MR) is 96.9 cm³/mol. The first-order valence-corrected chi connectivity index (χ1v) is 9.44. The third-order valence-corrected chi connectivity index (χ3v) is 5.79. The summed E-state index contributed by atoms with van der Waals surface area (Å²) in [5.74, 6) is 2.18. The topological polar surface area (TPSA) is 91.2 Å². The molecule has 2 atom stereocenters. The summed E-state index contributed by atoms with van der Waals surface area (Å²) < 4.78 is 2.08. The minimum atomic E-state index is 0.0557. The van der Waals surface area contributed by atoms with Crippen LogP contribution in [0.2, 0.25) is 0 Å². The molecule has 3 aromatic rings. The van der Waals surface area contributed by atoms with E-state index in [1.165, 1.54) is 12.8 Å². The van der Waals surface area contributed by atoms with Crippen LogP contribution in [0.25, 0.3) is 16.8 Å². The predicted octanol–water partition coefficient (Wildman–Crippen LogP) is 2.15. The van der Waals surface area contributed by atoms with Gasteiger partial charge >= 0.3 is 6.03 Å². The van der Waals surface area contributed by atoms with Crippen molar-refractivity contribution >= 4 is 22.8 Å². The minimum Gasteiger partial charge on any atom is -0.345 e. The van der Waals surface area contributed by atoms with Gasteiger partial charge < -0.3 is 15.2 Å². The van der Waals surface area contributed by atoms with Crippen molar-refractivity contribution in [2.75, 3.05) is 19.6 Å². The maximum Gasteiger partial charge on any atom is 0.317 e. The molecule has 0 spiro atoms. The molecule has 8 nitrogen and oxygen atoms in total. The summed E-state index contributed by atoms with van der Waals surface area (Å²) in [5.41, 5.74) is 2.55. The zero-order valence-electron chi connectivity index (χ0n) is 14.9.